The largest absolute Gasteiger partial charge is 0.492 e. The van der Waals surface area contributed by atoms with E-state index in [0.29, 0.717) is 36.4 Å². The molecule has 3 aromatic carbocycles. The van der Waals surface area contributed by atoms with Gasteiger partial charge >= 0.3 is 5.97 Å². The van der Waals surface area contributed by atoms with Gasteiger partial charge in [0.2, 0.25) is 11.8 Å². The number of nitrogens with zero attached hydrogens (tertiary/aromatic N) is 3. The van der Waals surface area contributed by atoms with Crippen LogP contribution >= 0.6 is 11.6 Å². The Morgan fingerprint density at radius 3 is 2.29 bits per heavy atom. The molecule has 0 aliphatic heterocycles. The van der Waals surface area contributed by atoms with E-state index in [1.165, 1.54) is 13.1 Å². The van der Waals surface area contributed by atoms with Crippen molar-refractivity contribution < 1.29 is 34.3 Å². The van der Waals surface area contributed by atoms with Crippen molar-refractivity contribution >= 4 is 17.6 Å². The quantitative estimate of drug-likeness (QED) is 0.0621. The third-order valence-corrected chi connectivity index (χ3v) is 9.45. The predicted octanol–water partition coefficient (Wildman–Crippen LogP) is 6.00. The smallest absolute Gasteiger partial charge is 0.326 e. The van der Waals surface area contributed by atoms with E-state index >= 15 is 0 Å². The van der Waals surface area contributed by atoms with Gasteiger partial charge in [-0.25, -0.2) is 0 Å². The number of pyridine rings is 2. The summed E-state index contributed by atoms with van der Waals surface area (Å²) in [6.07, 6.45) is 3.01. The number of hydrogen-bond acceptors (Lipinski definition) is 11. The molecule has 0 fully saturated rings. The minimum atomic E-state index is -1.62. The van der Waals surface area contributed by atoms with Crippen LogP contribution in [0.5, 0.6) is 17.5 Å². The molecule has 0 radical (unpaired) electrons. The van der Waals surface area contributed by atoms with Crippen LogP contribution in [0.15, 0.2) is 85.2 Å². The van der Waals surface area contributed by atoms with Crippen molar-refractivity contribution in [2.45, 2.75) is 46.1 Å². The normalized spacial score (nSPS) is 12.1. The number of aromatic nitrogens is 2. The lowest BCUT2D eigenvalue weighted by Crippen LogP contribution is -2.52. The summed E-state index contributed by atoms with van der Waals surface area (Å²) in [7, 11) is 0. The second-order valence-corrected chi connectivity index (χ2v) is 13.5. The second-order valence-electron chi connectivity index (χ2n) is 13.1. The van der Waals surface area contributed by atoms with E-state index in [9.17, 15) is 20.3 Å². The summed E-state index contributed by atoms with van der Waals surface area (Å²) < 4.78 is 18.1. The Balaban J connectivity index is 1.36. The van der Waals surface area contributed by atoms with Crippen LogP contribution in [0.1, 0.15) is 40.3 Å². The molecule has 12 nitrogen and oxygen atoms in total. The van der Waals surface area contributed by atoms with E-state index in [-0.39, 0.29) is 43.1 Å². The summed E-state index contributed by atoms with van der Waals surface area (Å²) >= 11 is 6.69. The van der Waals surface area contributed by atoms with Crippen LogP contribution in [-0.2, 0) is 24.6 Å². The molecule has 0 aliphatic carbocycles. The van der Waals surface area contributed by atoms with Gasteiger partial charge in [0.15, 0.2) is 0 Å². The molecular formula is C42H44ClN5O7. The molecule has 1 unspecified atom stereocenters. The lowest BCUT2D eigenvalue weighted by Gasteiger charge is -2.24. The first-order valence-corrected chi connectivity index (χ1v) is 18.1. The van der Waals surface area contributed by atoms with Gasteiger partial charge in [-0.15, -0.1) is 0 Å². The van der Waals surface area contributed by atoms with Crippen LogP contribution in [0.3, 0.4) is 0 Å². The number of aliphatic carboxylic acids is 1. The number of aliphatic hydroxyl groups excluding tert-OH is 2. The Kier molecular flexibility index (Phi) is 14.2. The van der Waals surface area contributed by atoms with Crippen molar-refractivity contribution in [2.24, 2.45) is 0 Å². The number of halogens is 1. The summed E-state index contributed by atoms with van der Waals surface area (Å²) in [4.78, 5) is 20.5. The Labute approximate surface area is 325 Å². The molecule has 0 saturated heterocycles. The fourth-order valence-corrected chi connectivity index (χ4v) is 6.04. The van der Waals surface area contributed by atoms with Crippen LogP contribution < -0.4 is 24.8 Å². The molecule has 1 atom stereocenters. The van der Waals surface area contributed by atoms with Gasteiger partial charge in [-0.1, -0.05) is 60.1 Å². The van der Waals surface area contributed by atoms with Gasteiger partial charge in [-0.3, -0.25) is 15.1 Å². The van der Waals surface area contributed by atoms with Gasteiger partial charge in [0.1, 0.15) is 42.2 Å². The number of ether oxygens (including phenoxy) is 3. The molecule has 5 rings (SSSR count). The van der Waals surface area contributed by atoms with Gasteiger partial charge < -0.3 is 34.8 Å². The Bertz CT molecular complexity index is 2140. The van der Waals surface area contributed by atoms with Crippen LogP contribution in [0.25, 0.3) is 22.3 Å². The number of carboxylic acids is 1. The van der Waals surface area contributed by atoms with Crippen LogP contribution in [0, 0.1) is 25.2 Å². The highest BCUT2D eigenvalue weighted by atomic mass is 35.5. The monoisotopic (exact) mass is 765 g/mol. The summed E-state index contributed by atoms with van der Waals surface area (Å²) in [5.41, 5.74) is 7.18. The highest BCUT2D eigenvalue weighted by molar-refractivity contribution is 6.31. The first kappa shape index (κ1) is 40.6. The fraction of sp³-hybridized carbons (Fsp3) is 0.286. The maximum Gasteiger partial charge on any atom is 0.326 e. The number of nitrogens with one attached hydrogen (secondary N) is 2. The topological polar surface area (TPSA) is 179 Å². The molecule has 5 N–H and O–H groups in total. The molecule has 55 heavy (non-hydrogen) atoms. The number of benzene rings is 3. The lowest BCUT2D eigenvalue weighted by atomic mass is 9.89. The van der Waals surface area contributed by atoms with E-state index in [2.05, 4.69) is 51.8 Å². The van der Waals surface area contributed by atoms with Crippen molar-refractivity contribution in [3.63, 3.8) is 0 Å². The summed E-state index contributed by atoms with van der Waals surface area (Å²) in [6, 6.07) is 25.6. The molecule has 13 heteroatoms. The molecule has 286 valence electrons. The number of aliphatic hydroxyl groups is 2. The molecule has 0 aliphatic rings. The van der Waals surface area contributed by atoms with Crippen LogP contribution in [-0.4, -0.2) is 69.7 Å². The number of hydrogen-bond donors (Lipinski definition) is 5. The maximum absolute atomic E-state index is 11.8. The minimum Gasteiger partial charge on any atom is -0.492 e. The standard InChI is InChI=1S/C42H44ClN5O7/c1-27-32(6-4-8-36(27)37-9-5-7-35(28(37)2)31-10-12-34(13-11-31)53-17-15-45-14-16-49)25-55-40-38(43)19-33(23-47-42(3,26-50)41(51)52)39(48-40)54-24-30-18-29(20-44)21-46-22-30/h4-13,18-19,21-22,45,47,49-50H,14-17,23-26H2,1-3H3,(H,51,52). The molecule has 0 spiro atoms. The molecule has 0 amide bonds. The van der Waals surface area contributed by atoms with E-state index < -0.39 is 18.1 Å². The van der Waals surface area contributed by atoms with E-state index in [1.54, 1.807) is 18.3 Å². The second kappa shape index (κ2) is 19.2. The summed E-state index contributed by atoms with van der Waals surface area (Å²) in [5.74, 6) is -0.205. The van der Waals surface area contributed by atoms with Crippen LogP contribution in [0.2, 0.25) is 5.02 Å². The third-order valence-electron chi connectivity index (χ3n) is 9.18. The van der Waals surface area contributed by atoms with Gasteiger partial charge in [0.25, 0.3) is 0 Å². The number of rotatable bonds is 19. The minimum absolute atomic E-state index is 0.0150. The fourth-order valence-electron chi connectivity index (χ4n) is 5.81. The molecule has 2 aromatic heterocycles. The molecule has 5 aromatic rings. The van der Waals surface area contributed by atoms with Gasteiger partial charge in [-0.2, -0.15) is 10.2 Å². The zero-order chi connectivity index (χ0) is 39.4. The van der Waals surface area contributed by atoms with E-state index in [4.69, 9.17) is 30.9 Å². The predicted molar refractivity (Wildman–Crippen MR) is 209 cm³/mol. The first-order chi connectivity index (χ1) is 26.6. The highest BCUT2D eigenvalue weighted by Gasteiger charge is 2.32. The highest BCUT2D eigenvalue weighted by Crippen LogP contribution is 2.36. The third kappa shape index (κ3) is 10.4. The molecule has 0 saturated carbocycles. The first-order valence-electron chi connectivity index (χ1n) is 17.7. The van der Waals surface area contributed by atoms with E-state index in [1.807, 2.05) is 49.4 Å². The Hall–Kier alpha value is -5.55. The average molecular weight is 766 g/mol. The van der Waals surface area contributed by atoms with Crippen molar-refractivity contribution in [2.75, 3.05) is 32.9 Å². The van der Waals surface area contributed by atoms with Gasteiger partial charge in [0, 0.05) is 43.2 Å². The lowest BCUT2D eigenvalue weighted by molar-refractivity contribution is -0.145. The summed E-state index contributed by atoms with van der Waals surface area (Å²) in [6.45, 7) is 6.78. The molecular weight excluding hydrogens is 722 g/mol. The van der Waals surface area contributed by atoms with Crippen molar-refractivity contribution in [1.82, 2.24) is 20.6 Å². The molecule has 2 heterocycles. The van der Waals surface area contributed by atoms with Gasteiger partial charge in [-0.05, 0) is 84.0 Å². The van der Waals surface area contributed by atoms with Gasteiger partial charge in [0.05, 0.1) is 18.8 Å². The molecule has 0 bridgehead atoms. The van der Waals surface area contributed by atoms with E-state index in [0.717, 1.165) is 44.7 Å². The Morgan fingerprint density at radius 2 is 1.58 bits per heavy atom. The van der Waals surface area contributed by atoms with Crippen molar-refractivity contribution in [1.29, 1.82) is 5.26 Å². The number of carboxylic acid groups (broad SMARTS) is 1. The van der Waals surface area contributed by atoms with Crippen molar-refractivity contribution in [3.8, 4) is 45.8 Å². The SMILES string of the molecule is Cc1c(COc2nc(OCc3cncc(C#N)c3)c(CNC(C)(CO)C(=O)O)cc2Cl)cccc1-c1cccc(-c2ccc(OCCNCCO)cc2)c1C. The number of carbonyl (C=O) groups is 1. The van der Waals surface area contributed by atoms with Crippen molar-refractivity contribution in [3.05, 3.63) is 124 Å². The van der Waals surface area contributed by atoms with Crippen LogP contribution in [0.4, 0.5) is 0 Å². The zero-order valence-corrected chi connectivity index (χ0v) is 31.7. The summed E-state index contributed by atoms with van der Waals surface area (Å²) in [5, 5.41) is 43.7. The zero-order valence-electron chi connectivity index (χ0n) is 30.9. The average Bonchev–Trinajstić information content (AvgIpc) is 3.20. The Morgan fingerprint density at radius 1 is 0.873 bits per heavy atom. The number of nitriles is 1. The maximum atomic E-state index is 11.8.